The summed E-state index contributed by atoms with van der Waals surface area (Å²) >= 11 is 0. The molecular weight excluding hydrogens is 204 g/mol. The molecule has 1 amide bonds. The third-order valence-corrected chi connectivity index (χ3v) is 2.50. The number of nitrogens with one attached hydrogen (secondary N) is 1. The van der Waals surface area contributed by atoms with E-state index in [1.807, 2.05) is 6.92 Å². The van der Waals surface area contributed by atoms with Crippen LogP contribution in [0.25, 0.3) is 0 Å². The summed E-state index contributed by atoms with van der Waals surface area (Å²) in [6.07, 6.45) is 2.55. The highest BCUT2D eigenvalue weighted by atomic mass is 16.3. The van der Waals surface area contributed by atoms with Gasteiger partial charge in [0.1, 0.15) is 0 Å². The van der Waals surface area contributed by atoms with Crippen molar-refractivity contribution in [1.29, 1.82) is 0 Å². The molecule has 0 aliphatic heterocycles. The Bertz CT molecular complexity index is 195. The molecule has 0 spiro atoms. The van der Waals surface area contributed by atoms with E-state index in [9.17, 15) is 9.90 Å². The quantitative estimate of drug-likeness (QED) is 0.583. The maximum Gasteiger partial charge on any atom is 0.220 e. The summed E-state index contributed by atoms with van der Waals surface area (Å²) in [7, 11) is 0. The van der Waals surface area contributed by atoms with Crippen LogP contribution >= 0.6 is 0 Å². The van der Waals surface area contributed by atoms with Crippen molar-refractivity contribution < 1.29 is 9.90 Å². The number of carbonyl (C=O) groups excluding carboxylic acids is 1. The first-order valence-corrected chi connectivity index (χ1v) is 6.17. The van der Waals surface area contributed by atoms with Crippen molar-refractivity contribution in [1.82, 2.24) is 5.32 Å². The molecular formula is C12H26N2O2. The van der Waals surface area contributed by atoms with Crippen LogP contribution < -0.4 is 11.1 Å². The van der Waals surface area contributed by atoms with Crippen LogP contribution in [0.3, 0.4) is 0 Å². The van der Waals surface area contributed by atoms with Crippen molar-refractivity contribution in [2.75, 3.05) is 6.54 Å². The molecule has 0 aliphatic carbocycles. The molecule has 0 aliphatic rings. The summed E-state index contributed by atoms with van der Waals surface area (Å²) in [6.45, 7) is 6.43. The zero-order valence-electron chi connectivity index (χ0n) is 10.7. The molecule has 0 bridgehead atoms. The average molecular weight is 230 g/mol. The Kier molecular flexibility index (Phi) is 8.21. The van der Waals surface area contributed by atoms with Gasteiger partial charge in [0.2, 0.25) is 5.91 Å². The Morgan fingerprint density at radius 1 is 1.44 bits per heavy atom. The first-order chi connectivity index (χ1) is 7.47. The van der Waals surface area contributed by atoms with Crippen molar-refractivity contribution in [3.05, 3.63) is 0 Å². The van der Waals surface area contributed by atoms with Gasteiger partial charge >= 0.3 is 0 Å². The predicted octanol–water partition coefficient (Wildman–Crippen LogP) is 1.03. The Hall–Kier alpha value is -0.610. The molecule has 0 aromatic heterocycles. The third kappa shape index (κ3) is 7.65. The maximum atomic E-state index is 11.3. The average Bonchev–Trinajstić information content (AvgIpc) is 2.21. The largest absolute Gasteiger partial charge is 0.390 e. The van der Waals surface area contributed by atoms with E-state index in [1.54, 1.807) is 0 Å². The van der Waals surface area contributed by atoms with Gasteiger partial charge in [0.05, 0.1) is 6.10 Å². The summed E-state index contributed by atoms with van der Waals surface area (Å²) in [5, 5.41) is 12.4. The number of nitrogens with two attached hydrogens (primary N) is 1. The highest BCUT2D eigenvalue weighted by molar-refractivity contribution is 5.75. The topological polar surface area (TPSA) is 75.3 Å². The van der Waals surface area contributed by atoms with E-state index < -0.39 is 6.10 Å². The molecule has 0 saturated heterocycles. The molecule has 0 fully saturated rings. The lowest BCUT2D eigenvalue weighted by molar-refractivity contribution is -0.121. The van der Waals surface area contributed by atoms with Gasteiger partial charge in [-0.05, 0) is 18.8 Å². The van der Waals surface area contributed by atoms with Gasteiger partial charge in [0.25, 0.3) is 0 Å². The molecule has 0 saturated carbocycles. The van der Waals surface area contributed by atoms with E-state index in [1.165, 1.54) is 0 Å². The van der Waals surface area contributed by atoms with Crippen molar-refractivity contribution in [3.63, 3.8) is 0 Å². The highest BCUT2D eigenvalue weighted by Crippen LogP contribution is 2.05. The number of hydrogen-bond acceptors (Lipinski definition) is 3. The summed E-state index contributed by atoms with van der Waals surface area (Å²) in [4.78, 5) is 11.3. The lowest BCUT2D eigenvalue weighted by Gasteiger charge is -2.20. The van der Waals surface area contributed by atoms with Crippen molar-refractivity contribution in [2.24, 2.45) is 11.7 Å². The van der Waals surface area contributed by atoms with Crippen LogP contribution in [0.1, 0.15) is 46.5 Å². The lowest BCUT2D eigenvalue weighted by Crippen LogP contribution is -2.43. The molecule has 0 heterocycles. The second kappa shape index (κ2) is 8.53. The summed E-state index contributed by atoms with van der Waals surface area (Å²) in [6, 6.07) is -0.258. The van der Waals surface area contributed by atoms with Crippen LogP contribution in [-0.2, 0) is 4.79 Å². The minimum atomic E-state index is -0.645. The number of rotatable bonds is 8. The van der Waals surface area contributed by atoms with Crippen LogP contribution in [-0.4, -0.2) is 29.7 Å². The maximum absolute atomic E-state index is 11.3. The zero-order chi connectivity index (χ0) is 12.6. The fourth-order valence-corrected chi connectivity index (χ4v) is 1.50. The Balaban J connectivity index is 3.70. The number of carbonyl (C=O) groups is 1. The molecule has 0 aromatic rings. The van der Waals surface area contributed by atoms with E-state index in [0.29, 0.717) is 12.3 Å². The normalized spacial score (nSPS) is 14.9. The van der Waals surface area contributed by atoms with Crippen LogP contribution in [0.2, 0.25) is 0 Å². The van der Waals surface area contributed by atoms with Gasteiger partial charge in [-0.1, -0.05) is 27.2 Å². The molecule has 0 aromatic carbocycles. The minimum absolute atomic E-state index is 0.00218. The van der Waals surface area contributed by atoms with Gasteiger partial charge in [-0.3, -0.25) is 4.79 Å². The molecule has 4 N–H and O–H groups in total. The minimum Gasteiger partial charge on any atom is -0.390 e. The van der Waals surface area contributed by atoms with Gasteiger partial charge in [-0.15, -0.1) is 0 Å². The molecule has 2 unspecified atom stereocenters. The monoisotopic (exact) mass is 230 g/mol. The van der Waals surface area contributed by atoms with Crippen molar-refractivity contribution in [2.45, 2.75) is 58.6 Å². The molecule has 0 rings (SSSR count). The second-order valence-corrected chi connectivity index (χ2v) is 4.77. The zero-order valence-corrected chi connectivity index (χ0v) is 10.7. The highest BCUT2D eigenvalue weighted by Gasteiger charge is 2.16. The molecule has 4 heteroatoms. The number of aliphatic hydroxyl groups excluding tert-OH is 1. The van der Waals surface area contributed by atoms with Gasteiger partial charge in [-0.2, -0.15) is 0 Å². The number of amides is 1. The molecule has 96 valence electrons. The molecule has 2 atom stereocenters. The lowest BCUT2D eigenvalue weighted by atomic mass is 10.00. The molecule has 4 nitrogen and oxygen atoms in total. The Morgan fingerprint density at radius 3 is 2.56 bits per heavy atom. The summed E-state index contributed by atoms with van der Waals surface area (Å²) in [5.74, 6) is 0.457. The molecule has 16 heavy (non-hydrogen) atoms. The van der Waals surface area contributed by atoms with E-state index in [2.05, 4.69) is 19.2 Å². The van der Waals surface area contributed by atoms with Crippen molar-refractivity contribution in [3.8, 4) is 0 Å². The van der Waals surface area contributed by atoms with Crippen LogP contribution in [0, 0.1) is 5.92 Å². The van der Waals surface area contributed by atoms with Gasteiger partial charge < -0.3 is 16.2 Å². The predicted molar refractivity (Wildman–Crippen MR) is 66.0 cm³/mol. The molecule has 0 radical (unpaired) electrons. The summed E-state index contributed by atoms with van der Waals surface area (Å²) in [5.41, 5.74) is 5.80. The van der Waals surface area contributed by atoms with Crippen molar-refractivity contribution >= 4 is 5.91 Å². The van der Waals surface area contributed by atoms with E-state index >= 15 is 0 Å². The number of aliphatic hydroxyl groups is 1. The van der Waals surface area contributed by atoms with Gasteiger partial charge in [0.15, 0.2) is 0 Å². The first-order valence-electron chi connectivity index (χ1n) is 6.17. The van der Waals surface area contributed by atoms with Gasteiger partial charge in [0, 0.05) is 19.0 Å². The fraction of sp³-hybridized carbons (Fsp3) is 0.917. The summed E-state index contributed by atoms with van der Waals surface area (Å²) < 4.78 is 0. The van der Waals surface area contributed by atoms with Crippen LogP contribution in [0.15, 0.2) is 0 Å². The van der Waals surface area contributed by atoms with E-state index in [0.717, 1.165) is 19.3 Å². The smallest absolute Gasteiger partial charge is 0.220 e. The number of unbranched alkanes of at least 4 members (excludes halogenated alkanes) is 1. The Labute approximate surface area is 98.6 Å². The SMILES string of the molecule is CCCCC(=O)NCC(O)C(N)CC(C)C. The second-order valence-electron chi connectivity index (χ2n) is 4.77. The van der Waals surface area contributed by atoms with Gasteiger partial charge in [-0.25, -0.2) is 0 Å². The fourth-order valence-electron chi connectivity index (χ4n) is 1.50. The number of hydrogen-bond donors (Lipinski definition) is 3. The van der Waals surface area contributed by atoms with Crippen LogP contribution in [0.4, 0.5) is 0 Å². The third-order valence-electron chi connectivity index (χ3n) is 2.50. The van der Waals surface area contributed by atoms with E-state index in [-0.39, 0.29) is 18.5 Å². The first kappa shape index (κ1) is 15.4. The Morgan fingerprint density at radius 2 is 2.06 bits per heavy atom. The van der Waals surface area contributed by atoms with Crippen LogP contribution in [0.5, 0.6) is 0 Å². The van der Waals surface area contributed by atoms with E-state index in [4.69, 9.17) is 5.73 Å². The standard InChI is InChI=1S/C12H26N2O2/c1-4-5-6-12(16)14-8-11(15)10(13)7-9(2)3/h9-11,15H,4-8,13H2,1-3H3,(H,14,16).